The molecule has 0 aliphatic carbocycles. The highest BCUT2D eigenvalue weighted by atomic mass is 79.9. The standard InChI is InChI=1S/C26H22BrFN4S/c1-16-14-22(17(2)31(16)21-7-5-6-18(27)15-21)25-24(23-8-3-4-13-29-23)30-26(33)32(25)20-11-9-19(28)10-12-20/h3-15,24-25H,1-2H3,(H,30,33)/t24-,25-/m0/s1. The number of aryl methyl sites for hydroxylation is 1. The minimum atomic E-state index is -0.275. The van der Waals surface area contributed by atoms with Crippen molar-refractivity contribution in [3.05, 3.63) is 112 Å². The van der Waals surface area contributed by atoms with Gasteiger partial charge in [-0.3, -0.25) is 4.98 Å². The summed E-state index contributed by atoms with van der Waals surface area (Å²) in [5, 5.41) is 4.06. The van der Waals surface area contributed by atoms with Crippen molar-refractivity contribution in [2.75, 3.05) is 4.90 Å². The molecule has 0 bridgehead atoms. The Morgan fingerprint density at radius 3 is 2.45 bits per heavy atom. The monoisotopic (exact) mass is 520 g/mol. The van der Waals surface area contributed by atoms with Crippen LogP contribution in [-0.2, 0) is 0 Å². The summed E-state index contributed by atoms with van der Waals surface area (Å²) >= 11 is 9.37. The summed E-state index contributed by atoms with van der Waals surface area (Å²) in [5.41, 5.74) is 6.21. The number of nitrogens with one attached hydrogen (secondary N) is 1. The fourth-order valence-corrected chi connectivity index (χ4v) is 5.38. The highest BCUT2D eigenvalue weighted by Crippen LogP contribution is 2.43. The van der Waals surface area contributed by atoms with Crippen LogP contribution in [0.2, 0.25) is 0 Å². The van der Waals surface area contributed by atoms with Gasteiger partial charge in [0.1, 0.15) is 5.82 Å². The number of thiocarbonyl (C=S) groups is 1. The Hall–Kier alpha value is -3.03. The number of nitrogens with zero attached hydrogens (tertiary/aromatic N) is 3. The van der Waals surface area contributed by atoms with Crippen molar-refractivity contribution in [2.45, 2.75) is 25.9 Å². The molecule has 5 rings (SSSR count). The second-order valence-corrected chi connectivity index (χ2v) is 9.42. The predicted molar refractivity (Wildman–Crippen MR) is 137 cm³/mol. The molecule has 2 atom stereocenters. The number of hydrogen-bond donors (Lipinski definition) is 1. The van der Waals surface area contributed by atoms with E-state index in [9.17, 15) is 4.39 Å². The largest absolute Gasteiger partial charge is 0.351 e. The molecular weight excluding hydrogens is 499 g/mol. The van der Waals surface area contributed by atoms with Crippen LogP contribution in [0.25, 0.3) is 5.69 Å². The predicted octanol–water partition coefficient (Wildman–Crippen LogP) is 6.57. The van der Waals surface area contributed by atoms with Crippen LogP contribution in [0.1, 0.15) is 34.7 Å². The van der Waals surface area contributed by atoms with Crippen molar-refractivity contribution in [1.82, 2.24) is 14.9 Å². The Bertz CT molecular complexity index is 1320. The topological polar surface area (TPSA) is 33.1 Å². The van der Waals surface area contributed by atoms with Crippen molar-refractivity contribution in [3.63, 3.8) is 0 Å². The molecule has 7 heteroatoms. The van der Waals surface area contributed by atoms with Crippen LogP contribution >= 0.6 is 28.1 Å². The molecule has 33 heavy (non-hydrogen) atoms. The van der Waals surface area contributed by atoms with E-state index in [1.54, 1.807) is 18.3 Å². The zero-order valence-corrected chi connectivity index (χ0v) is 20.6. The Morgan fingerprint density at radius 1 is 0.970 bits per heavy atom. The zero-order valence-electron chi connectivity index (χ0n) is 18.2. The third kappa shape index (κ3) is 3.96. The number of halogens is 2. The molecule has 1 aliphatic rings. The van der Waals surface area contributed by atoms with E-state index in [1.165, 1.54) is 12.1 Å². The number of rotatable bonds is 4. The number of hydrogen-bond acceptors (Lipinski definition) is 2. The molecule has 0 saturated carbocycles. The second-order valence-electron chi connectivity index (χ2n) is 8.11. The zero-order chi connectivity index (χ0) is 23.1. The summed E-state index contributed by atoms with van der Waals surface area (Å²) in [6, 6.07) is 22.5. The SMILES string of the molecule is Cc1cc([C@H]2[C@H](c3ccccn3)NC(=S)N2c2ccc(F)cc2)c(C)n1-c1cccc(Br)c1. The molecule has 1 saturated heterocycles. The summed E-state index contributed by atoms with van der Waals surface area (Å²) in [5.74, 6) is -0.275. The van der Waals surface area contributed by atoms with Gasteiger partial charge in [-0.25, -0.2) is 4.39 Å². The van der Waals surface area contributed by atoms with Crippen LogP contribution < -0.4 is 10.2 Å². The van der Waals surface area contributed by atoms with Crippen LogP contribution in [0.4, 0.5) is 10.1 Å². The number of aromatic nitrogens is 2. The lowest BCUT2D eigenvalue weighted by atomic mass is 9.96. The van der Waals surface area contributed by atoms with Crippen molar-refractivity contribution in [3.8, 4) is 5.69 Å². The third-order valence-corrected chi connectivity index (χ3v) is 6.87. The lowest BCUT2D eigenvalue weighted by Crippen LogP contribution is -2.29. The first-order valence-corrected chi connectivity index (χ1v) is 11.8. The minimum Gasteiger partial charge on any atom is -0.351 e. The maximum Gasteiger partial charge on any atom is 0.174 e. The Labute approximate surface area is 206 Å². The van der Waals surface area contributed by atoms with Gasteiger partial charge in [0.2, 0.25) is 0 Å². The highest BCUT2D eigenvalue weighted by molar-refractivity contribution is 9.10. The van der Waals surface area contributed by atoms with Crippen LogP contribution in [0.5, 0.6) is 0 Å². The molecule has 3 heterocycles. The molecule has 1 N–H and O–H groups in total. The quantitative estimate of drug-likeness (QED) is 0.308. The maximum atomic E-state index is 13.7. The Balaban J connectivity index is 1.68. The smallest absolute Gasteiger partial charge is 0.174 e. The summed E-state index contributed by atoms with van der Waals surface area (Å²) in [6.07, 6.45) is 1.79. The van der Waals surface area contributed by atoms with E-state index in [1.807, 2.05) is 30.3 Å². The molecule has 4 nitrogen and oxygen atoms in total. The van der Waals surface area contributed by atoms with Gasteiger partial charge in [-0.1, -0.05) is 28.1 Å². The molecule has 0 spiro atoms. The summed E-state index contributed by atoms with van der Waals surface area (Å²) in [7, 11) is 0. The molecule has 2 aromatic carbocycles. The highest BCUT2D eigenvalue weighted by Gasteiger charge is 2.42. The first kappa shape index (κ1) is 21.8. The fourth-order valence-electron chi connectivity index (χ4n) is 4.65. The van der Waals surface area contributed by atoms with E-state index >= 15 is 0 Å². The van der Waals surface area contributed by atoms with Gasteiger partial charge in [0.25, 0.3) is 0 Å². The van der Waals surface area contributed by atoms with Gasteiger partial charge in [0, 0.05) is 33.4 Å². The molecule has 0 amide bonds. The normalized spacial score (nSPS) is 17.9. The maximum absolute atomic E-state index is 13.7. The van der Waals surface area contributed by atoms with Crippen molar-refractivity contribution in [1.29, 1.82) is 0 Å². The van der Waals surface area contributed by atoms with E-state index in [-0.39, 0.29) is 17.9 Å². The van der Waals surface area contributed by atoms with Crippen molar-refractivity contribution >= 4 is 38.9 Å². The van der Waals surface area contributed by atoms with Gasteiger partial charge >= 0.3 is 0 Å². The van der Waals surface area contributed by atoms with Crippen LogP contribution in [0, 0.1) is 19.7 Å². The Morgan fingerprint density at radius 2 is 1.76 bits per heavy atom. The number of benzene rings is 2. The van der Waals surface area contributed by atoms with Gasteiger partial charge < -0.3 is 14.8 Å². The average molecular weight is 521 g/mol. The van der Waals surface area contributed by atoms with Gasteiger partial charge in [-0.15, -0.1) is 0 Å². The molecular formula is C26H22BrFN4S. The van der Waals surface area contributed by atoms with E-state index in [0.29, 0.717) is 5.11 Å². The van der Waals surface area contributed by atoms with E-state index in [0.717, 1.165) is 38.5 Å². The van der Waals surface area contributed by atoms with Gasteiger partial charge in [0.15, 0.2) is 5.11 Å². The van der Waals surface area contributed by atoms with Gasteiger partial charge in [-0.2, -0.15) is 0 Å². The Kier molecular flexibility index (Phi) is 5.76. The summed E-state index contributed by atoms with van der Waals surface area (Å²) < 4.78 is 17.0. The number of anilines is 1. The average Bonchev–Trinajstić information content (AvgIpc) is 3.30. The summed E-state index contributed by atoms with van der Waals surface area (Å²) in [4.78, 5) is 6.69. The van der Waals surface area contributed by atoms with Crippen molar-refractivity contribution in [2.24, 2.45) is 0 Å². The lowest BCUT2D eigenvalue weighted by molar-refractivity contribution is 0.565. The van der Waals surface area contributed by atoms with Crippen LogP contribution in [-0.4, -0.2) is 14.7 Å². The van der Waals surface area contributed by atoms with Crippen LogP contribution in [0.3, 0.4) is 0 Å². The van der Waals surface area contributed by atoms with E-state index in [4.69, 9.17) is 12.2 Å². The van der Waals surface area contributed by atoms with Gasteiger partial charge in [0.05, 0.1) is 17.8 Å². The summed E-state index contributed by atoms with van der Waals surface area (Å²) in [6.45, 7) is 4.24. The molecule has 1 fully saturated rings. The fraction of sp³-hybridized carbons (Fsp3) is 0.154. The molecule has 4 aromatic rings. The van der Waals surface area contributed by atoms with E-state index < -0.39 is 0 Å². The first-order valence-electron chi connectivity index (χ1n) is 10.6. The van der Waals surface area contributed by atoms with Crippen LogP contribution in [0.15, 0.2) is 83.5 Å². The molecule has 2 aromatic heterocycles. The lowest BCUT2D eigenvalue weighted by Gasteiger charge is -2.28. The van der Waals surface area contributed by atoms with E-state index in [2.05, 4.69) is 67.7 Å². The molecule has 0 radical (unpaired) electrons. The number of pyridine rings is 1. The first-order chi connectivity index (χ1) is 15.9. The second kappa shape index (κ2) is 8.72. The van der Waals surface area contributed by atoms with Gasteiger partial charge in [-0.05, 0) is 92.3 Å². The minimum absolute atomic E-state index is 0.148. The molecule has 0 unspecified atom stereocenters. The molecule has 166 valence electrons. The molecule has 1 aliphatic heterocycles. The third-order valence-electron chi connectivity index (χ3n) is 6.06. The van der Waals surface area contributed by atoms with Crippen molar-refractivity contribution < 1.29 is 4.39 Å².